The van der Waals surface area contributed by atoms with Crippen LogP contribution in [0.25, 0.3) is 0 Å². The molecule has 0 heterocycles. The summed E-state index contributed by atoms with van der Waals surface area (Å²) in [4.78, 5) is 0. The normalized spacial score (nSPS) is 11.5. The molecule has 0 amide bonds. The van der Waals surface area contributed by atoms with Crippen molar-refractivity contribution in [3.63, 3.8) is 0 Å². The molecule has 0 radical (unpaired) electrons. The molecule has 0 atom stereocenters. The van der Waals surface area contributed by atoms with Gasteiger partial charge in [0.05, 0.1) is 0 Å². The van der Waals surface area contributed by atoms with Gasteiger partial charge < -0.3 is 0 Å². The van der Waals surface area contributed by atoms with Crippen LogP contribution in [0.1, 0.15) is 11.1 Å². The molecule has 2 aromatic carbocycles. The minimum atomic E-state index is -0.385. The summed E-state index contributed by atoms with van der Waals surface area (Å²) in [5.41, 5.74) is 2.27. The number of hydrogen-bond donors (Lipinski definition) is 0. The smallest absolute Gasteiger partial charge is 0.0622 e. The highest BCUT2D eigenvalue weighted by Crippen LogP contribution is 2.48. The minimum Gasteiger partial charge on any atom is -0.0622 e. The monoisotopic (exact) mass is 480 g/mol. The van der Waals surface area contributed by atoms with Crippen LogP contribution in [0.3, 0.4) is 0 Å². The van der Waals surface area contributed by atoms with E-state index >= 15 is 0 Å². The van der Waals surface area contributed by atoms with E-state index in [1.807, 2.05) is 30.3 Å². The quantitative estimate of drug-likeness (QED) is 0.446. The Hall–Kier alpha value is 0.360. The van der Waals surface area contributed by atoms with Gasteiger partial charge in [0.2, 0.25) is 0 Å². The summed E-state index contributed by atoms with van der Waals surface area (Å²) >= 11 is 14.6. The van der Waals surface area contributed by atoms with Gasteiger partial charge in [-0.3, -0.25) is 0 Å². The number of halogens is 4. The molecule has 0 aliphatic heterocycles. The lowest BCUT2D eigenvalue weighted by Crippen LogP contribution is -2.11. The lowest BCUT2D eigenvalue weighted by atomic mass is 10.1. The van der Waals surface area contributed by atoms with Crippen molar-refractivity contribution >= 4 is 63.7 Å². The van der Waals surface area contributed by atoms with Gasteiger partial charge in [-0.15, -0.1) is 0 Å². The highest BCUT2D eigenvalue weighted by atomic mass is 79.9. The van der Waals surface area contributed by atoms with E-state index in [4.69, 9.17) is 0 Å². The van der Waals surface area contributed by atoms with Gasteiger partial charge in [0.25, 0.3) is 0 Å². The van der Waals surface area contributed by atoms with Crippen LogP contribution in [0.15, 0.2) is 57.5 Å². The van der Waals surface area contributed by atoms with Crippen LogP contribution < -0.4 is 0 Å². The van der Waals surface area contributed by atoms with Gasteiger partial charge in [0.15, 0.2) is 0 Å². The fourth-order valence-electron chi connectivity index (χ4n) is 1.55. The van der Waals surface area contributed by atoms with E-state index in [0.717, 1.165) is 20.1 Å². The maximum atomic E-state index is 3.75. The Bertz CT molecular complexity index is 520. The SMILES string of the molecule is Brc1cccc(C(Br)(Br)c2ccccc2)c1Br. The zero-order chi connectivity index (χ0) is 12.5. The van der Waals surface area contributed by atoms with Crippen LogP contribution in [0.4, 0.5) is 0 Å². The van der Waals surface area contributed by atoms with Crippen molar-refractivity contribution in [2.24, 2.45) is 0 Å². The molecule has 0 saturated carbocycles. The molecule has 0 N–H and O–H groups in total. The fourth-order valence-corrected chi connectivity index (χ4v) is 4.20. The number of hydrogen-bond acceptors (Lipinski definition) is 0. The number of alkyl halides is 2. The summed E-state index contributed by atoms with van der Waals surface area (Å²) in [6, 6.07) is 16.3. The van der Waals surface area contributed by atoms with Gasteiger partial charge in [-0.2, -0.15) is 0 Å². The summed E-state index contributed by atoms with van der Waals surface area (Å²) in [5, 5.41) is 0. The van der Waals surface area contributed by atoms with E-state index in [-0.39, 0.29) is 3.23 Å². The second-order valence-electron chi connectivity index (χ2n) is 3.54. The second kappa shape index (κ2) is 5.55. The highest BCUT2D eigenvalue weighted by molar-refractivity contribution is 9.25. The Morgan fingerprint density at radius 3 is 2.06 bits per heavy atom. The number of rotatable bonds is 2. The van der Waals surface area contributed by atoms with Gasteiger partial charge >= 0.3 is 0 Å². The molecule has 88 valence electrons. The third-order valence-electron chi connectivity index (χ3n) is 2.43. The molecule has 4 heteroatoms. The van der Waals surface area contributed by atoms with E-state index in [9.17, 15) is 0 Å². The van der Waals surface area contributed by atoms with Crippen molar-refractivity contribution in [2.45, 2.75) is 3.23 Å². The Morgan fingerprint density at radius 1 is 0.765 bits per heavy atom. The Morgan fingerprint density at radius 2 is 1.41 bits per heavy atom. The summed E-state index contributed by atoms with van der Waals surface area (Å²) in [6.07, 6.45) is 0. The van der Waals surface area contributed by atoms with Crippen LogP contribution in [-0.2, 0) is 3.23 Å². The third kappa shape index (κ3) is 2.86. The average Bonchev–Trinajstić information content (AvgIpc) is 2.33. The summed E-state index contributed by atoms with van der Waals surface area (Å²) < 4.78 is 1.69. The zero-order valence-corrected chi connectivity index (χ0v) is 15.0. The molecule has 17 heavy (non-hydrogen) atoms. The van der Waals surface area contributed by atoms with Crippen LogP contribution in [-0.4, -0.2) is 0 Å². The largest absolute Gasteiger partial charge is 0.131 e. The highest BCUT2D eigenvalue weighted by Gasteiger charge is 2.30. The molecule has 0 fully saturated rings. The Kier molecular flexibility index (Phi) is 4.50. The van der Waals surface area contributed by atoms with Crippen molar-refractivity contribution in [2.75, 3.05) is 0 Å². The molecular weight excluding hydrogens is 476 g/mol. The van der Waals surface area contributed by atoms with Crippen LogP contribution in [0, 0.1) is 0 Å². The zero-order valence-electron chi connectivity index (χ0n) is 8.63. The van der Waals surface area contributed by atoms with E-state index < -0.39 is 0 Å². The fraction of sp³-hybridized carbons (Fsp3) is 0.0769. The first-order valence-electron chi connectivity index (χ1n) is 4.91. The average molecular weight is 484 g/mol. The molecule has 0 saturated heterocycles. The van der Waals surface area contributed by atoms with Gasteiger partial charge in [0, 0.05) is 8.95 Å². The van der Waals surface area contributed by atoms with Crippen LogP contribution >= 0.6 is 63.7 Å². The first-order valence-corrected chi connectivity index (χ1v) is 8.08. The van der Waals surface area contributed by atoms with Crippen LogP contribution in [0.2, 0.25) is 0 Å². The molecule has 0 aliphatic carbocycles. The lowest BCUT2D eigenvalue weighted by Gasteiger charge is -2.23. The predicted octanol–water partition coefficient (Wildman–Crippen LogP) is 6.20. The van der Waals surface area contributed by atoms with E-state index in [1.165, 1.54) is 0 Å². The summed E-state index contributed by atoms with van der Waals surface area (Å²) in [5.74, 6) is 0. The standard InChI is InChI=1S/C13H8Br4/c14-11-8-4-7-10(12(11)15)13(16,17)9-5-2-1-3-6-9/h1-8H. The van der Waals surface area contributed by atoms with Gasteiger partial charge in [-0.05, 0) is 49.1 Å². The first kappa shape index (κ1) is 13.8. The predicted molar refractivity (Wildman–Crippen MR) is 86.9 cm³/mol. The number of benzene rings is 2. The molecule has 0 bridgehead atoms. The molecule has 0 unspecified atom stereocenters. The molecule has 0 spiro atoms. The summed E-state index contributed by atoms with van der Waals surface area (Å²) in [6.45, 7) is 0. The third-order valence-corrected chi connectivity index (χ3v) is 6.24. The Balaban J connectivity index is 2.56. The maximum absolute atomic E-state index is 3.75. The molecule has 0 aliphatic rings. The van der Waals surface area contributed by atoms with Crippen molar-refractivity contribution in [3.8, 4) is 0 Å². The van der Waals surface area contributed by atoms with Crippen LogP contribution in [0.5, 0.6) is 0 Å². The van der Waals surface area contributed by atoms with Crippen molar-refractivity contribution in [1.82, 2.24) is 0 Å². The second-order valence-corrected chi connectivity index (χ2v) is 8.63. The van der Waals surface area contributed by atoms with Crippen molar-refractivity contribution in [1.29, 1.82) is 0 Å². The minimum absolute atomic E-state index is 0.385. The topological polar surface area (TPSA) is 0 Å². The molecule has 2 rings (SSSR count). The van der Waals surface area contributed by atoms with E-state index in [0.29, 0.717) is 0 Å². The molecule has 0 nitrogen and oxygen atoms in total. The van der Waals surface area contributed by atoms with Gasteiger partial charge in [-0.25, -0.2) is 0 Å². The van der Waals surface area contributed by atoms with E-state index in [2.05, 4.69) is 81.9 Å². The summed E-state index contributed by atoms with van der Waals surface area (Å²) in [7, 11) is 0. The maximum Gasteiger partial charge on any atom is 0.131 e. The molecular formula is C13H8Br4. The van der Waals surface area contributed by atoms with Gasteiger partial charge in [0.1, 0.15) is 3.23 Å². The molecule has 2 aromatic rings. The van der Waals surface area contributed by atoms with Crippen molar-refractivity contribution in [3.05, 3.63) is 68.6 Å². The van der Waals surface area contributed by atoms with Gasteiger partial charge in [-0.1, -0.05) is 74.3 Å². The Labute approximate surface area is 134 Å². The molecule has 0 aromatic heterocycles. The van der Waals surface area contributed by atoms with Crippen molar-refractivity contribution < 1.29 is 0 Å². The van der Waals surface area contributed by atoms with E-state index in [1.54, 1.807) is 0 Å². The first-order chi connectivity index (χ1) is 8.03. The lowest BCUT2D eigenvalue weighted by molar-refractivity contribution is 1.10.